The van der Waals surface area contributed by atoms with Crippen molar-refractivity contribution >= 4 is 39.5 Å². The Bertz CT molecular complexity index is 521. The fraction of sp³-hybridized carbons (Fsp3) is 0.100. The van der Waals surface area contributed by atoms with Crippen LogP contribution in [0.5, 0.6) is 0 Å². The lowest BCUT2D eigenvalue weighted by Gasteiger charge is -2.03. The molecule has 0 spiro atoms. The molecule has 0 saturated heterocycles. The van der Waals surface area contributed by atoms with Gasteiger partial charge in [0.2, 0.25) is 0 Å². The van der Waals surface area contributed by atoms with Crippen molar-refractivity contribution in [3.05, 3.63) is 35.0 Å². The molecule has 3 N–H and O–H groups in total. The first-order valence-electron chi connectivity index (χ1n) is 4.60. The molecule has 6 heteroatoms. The second kappa shape index (κ2) is 4.54. The summed E-state index contributed by atoms with van der Waals surface area (Å²) in [7, 11) is 0. The number of hydrogen-bond acceptors (Lipinski definition) is 5. The Balaban J connectivity index is 2.21. The molecule has 0 aliphatic carbocycles. The van der Waals surface area contributed by atoms with Crippen LogP contribution in [0.4, 0.5) is 10.9 Å². The fourth-order valence-corrected chi connectivity index (χ4v) is 1.97. The monoisotopic (exact) mass is 250 g/mol. The van der Waals surface area contributed by atoms with E-state index < -0.39 is 0 Å². The number of nitrogens with one attached hydrogen (secondary N) is 1. The number of nitrogens with two attached hydrogens (primary N) is 1. The molecule has 2 aromatic rings. The number of anilines is 2. The van der Waals surface area contributed by atoms with E-state index in [0.29, 0.717) is 10.8 Å². The molecule has 82 valence electrons. The average molecular weight is 250 g/mol. The second-order valence-corrected chi connectivity index (χ2v) is 4.87. The van der Waals surface area contributed by atoms with E-state index in [4.69, 9.17) is 18.0 Å². The summed E-state index contributed by atoms with van der Waals surface area (Å²) in [6, 6.07) is 3.58. The highest BCUT2D eigenvalue weighted by atomic mass is 32.1. The Morgan fingerprint density at radius 1 is 1.50 bits per heavy atom. The van der Waals surface area contributed by atoms with E-state index in [0.717, 1.165) is 15.6 Å². The van der Waals surface area contributed by atoms with Crippen LogP contribution in [0.25, 0.3) is 0 Å². The van der Waals surface area contributed by atoms with Crippen LogP contribution < -0.4 is 11.1 Å². The molecule has 0 aliphatic heterocycles. The number of rotatable bonds is 3. The molecule has 2 rings (SSSR count). The lowest BCUT2D eigenvalue weighted by Crippen LogP contribution is -2.09. The molecule has 16 heavy (non-hydrogen) atoms. The predicted octanol–water partition coefficient (Wildman–Crippen LogP) is 2.22. The number of thiazole rings is 1. The van der Waals surface area contributed by atoms with Crippen LogP contribution in [-0.2, 0) is 0 Å². The third kappa shape index (κ3) is 2.53. The summed E-state index contributed by atoms with van der Waals surface area (Å²) in [4.78, 5) is 9.86. The average Bonchev–Trinajstić information content (AvgIpc) is 2.64. The summed E-state index contributed by atoms with van der Waals surface area (Å²) >= 11 is 6.47. The third-order valence-corrected chi connectivity index (χ3v) is 2.96. The molecule has 0 aromatic carbocycles. The molecule has 0 bridgehead atoms. The van der Waals surface area contributed by atoms with Gasteiger partial charge in [-0.2, -0.15) is 0 Å². The van der Waals surface area contributed by atoms with E-state index in [-0.39, 0.29) is 0 Å². The van der Waals surface area contributed by atoms with Crippen molar-refractivity contribution in [2.24, 2.45) is 5.73 Å². The largest absolute Gasteiger partial charge is 0.389 e. The Hall–Kier alpha value is -1.53. The van der Waals surface area contributed by atoms with Gasteiger partial charge < -0.3 is 11.1 Å². The van der Waals surface area contributed by atoms with Crippen LogP contribution in [0.15, 0.2) is 24.5 Å². The molecular formula is C10H10N4S2. The second-order valence-electron chi connectivity index (χ2n) is 3.20. The highest BCUT2D eigenvalue weighted by Crippen LogP contribution is 2.20. The SMILES string of the molecule is Cc1cnc(Nc2cc(C(N)=S)ccn2)s1. The summed E-state index contributed by atoms with van der Waals surface area (Å²) in [6.07, 6.45) is 3.47. The summed E-state index contributed by atoms with van der Waals surface area (Å²) in [5.74, 6) is 0.694. The zero-order valence-corrected chi connectivity index (χ0v) is 10.2. The summed E-state index contributed by atoms with van der Waals surface area (Å²) in [6.45, 7) is 2.00. The summed E-state index contributed by atoms with van der Waals surface area (Å²) in [5, 5.41) is 3.91. The maximum atomic E-state index is 5.54. The Morgan fingerprint density at radius 3 is 2.94 bits per heavy atom. The van der Waals surface area contributed by atoms with Crippen molar-refractivity contribution in [2.45, 2.75) is 6.92 Å². The number of nitrogens with zero attached hydrogens (tertiary/aromatic N) is 2. The van der Waals surface area contributed by atoms with Crippen LogP contribution in [0.3, 0.4) is 0 Å². The van der Waals surface area contributed by atoms with E-state index in [2.05, 4.69) is 15.3 Å². The quantitative estimate of drug-likeness (QED) is 0.818. The zero-order valence-electron chi connectivity index (χ0n) is 8.60. The van der Waals surface area contributed by atoms with E-state index in [1.807, 2.05) is 13.1 Å². The minimum absolute atomic E-state index is 0.362. The number of aromatic nitrogens is 2. The molecule has 2 aromatic heterocycles. The van der Waals surface area contributed by atoms with Crippen molar-refractivity contribution in [1.82, 2.24) is 9.97 Å². The number of hydrogen-bond donors (Lipinski definition) is 2. The molecule has 2 heterocycles. The molecule has 0 aliphatic rings. The van der Waals surface area contributed by atoms with Crippen molar-refractivity contribution in [3.8, 4) is 0 Å². The van der Waals surface area contributed by atoms with E-state index in [1.165, 1.54) is 0 Å². The van der Waals surface area contributed by atoms with Gasteiger partial charge in [-0.1, -0.05) is 12.2 Å². The van der Waals surface area contributed by atoms with Gasteiger partial charge in [-0.15, -0.1) is 11.3 Å². The first-order chi connectivity index (χ1) is 7.65. The molecule has 0 unspecified atom stereocenters. The summed E-state index contributed by atoms with van der Waals surface area (Å²) in [5.41, 5.74) is 6.34. The highest BCUT2D eigenvalue weighted by Gasteiger charge is 2.02. The molecule has 0 radical (unpaired) electrons. The predicted molar refractivity (Wildman–Crippen MR) is 70.3 cm³/mol. The van der Waals surface area contributed by atoms with Crippen molar-refractivity contribution in [3.63, 3.8) is 0 Å². The standard InChI is InChI=1S/C10H10N4S2/c1-6-5-13-10(16-6)14-8-4-7(9(11)15)2-3-12-8/h2-5H,1H3,(H2,11,15)(H,12,13,14). The molecule has 0 fully saturated rings. The van der Waals surface area contributed by atoms with Gasteiger partial charge in [-0.25, -0.2) is 9.97 Å². The molecule has 0 atom stereocenters. The van der Waals surface area contributed by atoms with Gasteiger partial charge in [0, 0.05) is 22.8 Å². The Labute approximate surface area is 103 Å². The number of thiocarbonyl (C=S) groups is 1. The van der Waals surface area contributed by atoms with E-state index in [9.17, 15) is 0 Å². The molecule has 0 saturated carbocycles. The van der Waals surface area contributed by atoms with Gasteiger partial charge in [0.05, 0.1) is 0 Å². The third-order valence-electron chi connectivity index (χ3n) is 1.90. The number of pyridine rings is 1. The molecule has 0 amide bonds. The van der Waals surface area contributed by atoms with Gasteiger partial charge >= 0.3 is 0 Å². The minimum atomic E-state index is 0.362. The van der Waals surface area contributed by atoms with Gasteiger partial charge in [-0.3, -0.25) is 0 Å². The van der Waals surface area contributed by atoms with Crippen LogP contribution in [0.2, 0.25) is 0 Å². The lowest BCUT2D eigenvalue weighted by molar-refractivity contribution is 1.28. The van der Waals surface area contributed by atoms with Gasteiger partial charge in [0.25, 0.3) is 0 Å². The Morgan fingerprint density at radius 2 is 2.31 bits per heavy atom. The van der Waals surface area contributed by atoms with Gasteiger partial charge in [0.15, 0.2) is 5.13 Å². The lowest BCUT2D eigenvalue weighted by atomic mass is 10.2. The summed E-state index contributed by atoms with van der Waals surface area (Å²) < 4.78 is 0. The van der Waals surface area contributed by atoms with E-state index in [1.54, 1.807) is 29.7 Å². The maximum absolute atomic E-state index is 5.54. The topological polar surface area (TPSA) is 63.8 Å². The first-order valence-corrected chi connectivity index (χ1v) is 5.83. The molecule has 4 nitrogen and oxygen atoms in total. The van der Waals surface area contributed by atoms with Crippen molar-refractivity contribution in [1.29, 1.82) is 0 Å². The van der Waals surface area contributed by atoms with Gasteiger partial charge in [-0.05, 0) is 19.1 Å². The smallest absolute Gasteiger partial charge is 0.188 e. The molecular weight excluding hydrogens is 240 g/mol. The van der Waals surface area contributed by atoms with Crippen molar-refractivity contribution < 1.29 is 0 Å². The highest BCUT2D eigenvalue weighted by molar-refractivity contribution is 7.80. The normalized spacial score (nSPS) is 10.1. The van der Waals surface area contributed by atoms with Crippen LogP contribution in [0.1, 0.15) is 10.4 Å². The zero-order chi connectivity index (χ0) is 11.5. The minimum Gasteiger partial charge on any atom is -0.389 e. The van der Waals surface area contributed by atoms with Crippen LogP contribution in [0, 0.1) is 6.92 Å². The van der Waals surface area contributed by atoms with Gasteiger partial charge in [0.1, 0.15) is 10.8 Å². The number of aryl methyl sites for hydroxylation is 1. The first kappa shape index (κ1) is 11.0. The fourth-order valence-electron chi connectivity index (χ4n) is 1.17. The maximum Gasteiger partial charge on any atom is 0.188 e. The van der Waals surface area contributed by atoms with Crippen LogP contribution in [-0.4, -0.2) is 15.0 Å². The van der Waals surface area contributed by atoms with E-state index >= 15 is 0 Å². The Kier molecular flexibility index (Phi) is 3.12. The van der Waals surface area contributed by atoms with Crippen LogP contribution >= 0.6 is 23.6 Å². The van der Waals surface area contributed by atoms with Crippen molar-refractivity contribution in [2.75, 3.05) is 5.32 Å².